The van der Waals surface area contributed by atoms with Crippen molar-refractivity contribution in [3.63, 3.8) is 0 Å². The Morgan fingerprint density at radius 3 is 2.43 bits per heavy atom. The Hall–Kier alpha value is -3.35. The van der Waals surface area contributed by atoms with Crippen LogP contribution in [0.5, 0.6) is 5.75 Å². The van der Waals surface area contributed by atoms with Crippen LogP contribution < -0.4 is 15.8 Å². The maximum atomic E-state index is 12.2. The molecule has 0 saturated heterocycles. The van der Waals surface area contributed by atoms with Crippen LogP contribution in [0.15, 0.2) is 42.5 Å². The minimum atomic E-state index is -0.733. The Morgan fingerprint density at radius 1 is 1.04 bits per heavy atom. The number of carbonyl (C=O) groups is 3. The zero-order valence-corrected chi connectivity index (χ0v) is 16.2. The van der Waals surface area contributed by atoms with E-state index in [1.54, 1.807) is 12.1 Å². The van der Waals surface area contributed by atoms with Crippen LogP contribution in [0.3, 0.4) is 0 Å². The average molecular weight is 384 g/mol. The zero-order chi connectivity index (χ0) is 20.7. The van der Waals surface area contributed by atoms with Gasteiger partial charge in [0.25, 0.3) is 11.8 Å². The first-order valence-electron chi connectivity index (χ1n) is 8.86. The molecule has 0 radical (unpaired) electrons. The van der Waals surface area contributed by atoms with Gasteiger partial charge in [0.05, 0.1) is 5.56 Å². The summed E-state index contributed by atoms with van der Waals surface area (Å²) < 4.78 is 10.2. The lowest BCUT2D eigenvalue weighted by atomic mass is 9.98. The summed E-state index contributed by atoms with van der Waals surface area (Å²) in [5.41, 5.74) is 8.07. The van der Waals surface area contributed by atoms with Crippen molar-refractivity contribution >= 4 is 23.5 Å². The molecule has 2 aromatic carbocycles. The highest BCUT2D eigenvalue weighted by Gasteiger charge is 2.15. The Balaban J connectivity index is 1.89. The number of ether oxygens (including phenoxy) is 2. The van der Waals surface area contributed by atoms with Gasteiger partial charge >= 0.3 is 5.97 Å². The monoisotopic (exact) mass is 384 g/mol. The number of carbonyl (C=O) groups excluding carboxylic acids is 3. The van der Waals surface area contributed by atoms with E-state index in [1.807, 2.05) is 39.0 Å². The lowest BCUT2D eigenvalue weighted by Crippen LogP contribution is -2.25. The van der Waals surface area contributed by atoms with Crippen LogP contribution in [0.1, 0.15) is 41.3 Å². The maximum absolute atomic E-state index is 12.2. The molecule has 0 atom stereocenters. The predicted octanol–water partition coefficient (Wildman–Crippen LogP) is 2.78. The third-order valence-corrected chi connectivity index (χ3v) is 4.05. The van der Waals surface area contributed by atoms with E-state index in [4.69, 9.17) is 15.2 Å². The number of amides is 2. The van der Waals surface area contributed by atoms with Crippen LogP contribution in [0, 0.1) is 6.92 Å². The van der Waals surface area contributed by atoms with Crippen molar-refractivity contribution in [3.8, 4) is 5.75 Å². The van der Waals surface area contributed by atoms with Crippen molar-refractivity contribution in [3.05, 3.63) is 59.2 Å². The molecule has 0 unspecified atom stereocenters. The third-order valence-electron chi connectivity index (χ3n) is 4.05. The molecule has 0 fully saturated rings. The van der Waals surface area contributed by atoms with E-state index in [-0.39, 0.29) is 17.2 Å². The zero-order valence-electron chi connectivity index (χ0n) is 16.2. The molecule has 7 heteroatoms. The summed E-state index contributed by atoms with van der Waals surface area (Å²) in [7, 11) is 0. The first kappa shape index (κ1) is 21.0. The van der Waals surface area contributed by atoms with Gasteiger partial charge in [0.2, 0.25) is 0 Å². The van der Waals surface area contributed by atoms with E-state index >= 15 is 0 Å². The molecule has 2 rings (SSSR count). The molecule has 0 bridgehead atoms. The number of hydrogen-bond donors (Lipinski definition) is 2. The fourth-order valence-electron chi connectivity index (χ4n) is 2.64. The van der Waals surface area contributed by atoms with Gasteiger partial charge < -0.3 is 20.5 Å². The summed E-state index contributed by atoms with van der Waals surface area (Å²) >= 11 is 0. The Bertz CT molecular complexity index is 877. The summed E-state index contributed by atoms with van der Waals surface area (Å²) in [6.45, 7) is 5.08. The van der Waals surface area contributed by atoms with Crippen molar-refractivity contribution in [1.82, 2.24) is 0 Å². The van der Waals surface area contributed by atoms with E-state index < -0.39 is 31.0 Å². The lowest BCUT2D eigenvalue weighted by Gasteiger charge is -2.16. The molecule has 7 nitrogen and oxygen atoms in total. The van der Waals surface area contributed by atoms with E-state index in [0.717, 1.165) is 16.8 Å². The average Bonchev–Trinajstić information content (AvgIpc) is 2.66. The van der Waals surface area contributed by atoms with Gasteiger partial charge in [-0.15, -0.1) is 0 Å². The first-order valence-corrected chi connectivity index (χ1v) is 8.86. The number of esters is 1. The number of primary amides is 1. The highest BCUT2D eigenvalue weighted by atomic mass is 16.6. The maximum Gasteiger partial charge on any atom is 0.344 e. The molecular formula is C21H24N2O5. The summed E-state index contributed by atoms with van der Waals surface area (Å²) in [4.78, 5) is 35.4. The van der Waals surface area contributed by atoms with Crippen LogP contribution in [0.25, 0.3) is 0 Å². The van der Waals surface area contributed by atoms with Crippen LogP contribution in [0.4, 0.5) is 5.69 Å². The van der Waals surface area contributed by atoms with Gasteiger partial charge in [0, 0.05) is 5.69 Å². The molecule has 0 aromatic heterocycles. The molecule has 0 saturated carbocycles. The van der Waals surface area contributed by atoms with Gasteiger partial charge in [-0.1, -0.05) is 44.2 Å². The Kier molecular flexibility index (Phi) is 7.14. The Morgan fingerprint density at radius 2 is 1.75 bits per heavy atom. The smallest absolute Gasteiger partial charge is 0.344 e. The quantitative estimate of drug-likeness (QED) is 0.681. The van der Waals surface area contributed by atoms with E-state index in [9.17, 15) is 14.4 Å². The molecule has 2 amide bonds. The number of para-hydroxylation sites is 2. The fourth-order valence-corrected chi connectivity index (χ4v) is 2.64. The number of anilines is 1. The van der Waals surface area contributed by atoms with E-state index in [0.29, 0.717) is 0 Å². The minimum Gasteiger partial charge on any atom is -0.481 e. The number of rotatable bonds is 8. The highest BCUT2D eigenvalue weighted by Crippen LogP contribution is 2.27. The van der Waals surface area contributed by atoms with Gasteiger partial charge in [-0.05, 0) is 36.1 Å². The predicted molar refractivity (Wildman–Crippen MR) is 105 cm³/mol. The molecule has 28 heavy (non-hydrogen) atoms. The standard InChI is InChI=1S/C21H24N2O5/c1-13(2)15-9-6-7-14(3)20(15)23-18(24)11-28-19(25)12-27-17-10-5-4-8-16(17)21(22)26/h4-10,13H,11-12H2,1-3H3,(H2,22,26)(H,23,24). The van der Waals surface area contributed by atoms with Gasteiger partial charge in [0.1, 0.15) is 5.75 Å². The summed E-state index contributed by atoms with van der Waals surface area (Å²) in [5.74, 6) is -1.43. The number of nitrogens with one attached hydrogen (secondary N) is 1. The van der Waals surface area contributed by atoms with Crippen LogP contribution in [-0.2, 0) is 14.3 Å². The molecule has 0 heterocycles. The van der Waals surface area contributed by atoms with Gasteiger partial charge in [-0.2, -0.15) is 0 Å². The number of nitrogens with two attached hydrogens (primary N) is 1. The highest BCUT2D eigenvalue weighted by molar-refractivity contribution is 5.96. The van der Waals surface area contributed by atoms with E-state index in [2.05, 4.69) is 5.32 Å². The number of hydrogen-bond acceptors (Lipinski definition) is 5. The summed E-state index contributed by atoms with van der Waals surface area (Å²) in [6.07, 6.45) is 0. The van der Waals surface area contributed by atoms with Crippen molar-refractivity contribution in [2.75, 3.05) is 18.5 Å². The first-order chi connectivity index (χ1) is 13.3. The van der Waals surface area contributed by atoms with Crippen molar-refractivity contribution < 1.29 is 23.9 Å². The molecule has 148 valence electrons. The van der Waals surface area contributed by atoms with Crippen molar-refractivity contribution in [2.45, 2.75) is 26.7 Å². The second kappa shape index (κ2) is 9.55. The SMILES string of the molecule is Cc1cccc(C(C)C)c1NC(=O)COC(=O)COc1ccccc1C(N)=O. The van der Waals surface area contributed by atoms with Crippen LogP contribution in [-0.4, -0.2) is 31.0 Å². The summed E-state index contributed by atoms with van der Waals surface area (Å²) in [5, 5.41) is 2.80. The van der Waals surface area contributed by atoms with Gasteiger partial charge in [-0.3, -0.25) is 9.59 Å². The molecule has 0 aliphatic heterocycles. The molecule has 2 aromatic rings. The molecule has 3 N–H and O–H groups in total. The second-order valence-corrected chi connectivity index (χ2v) is 6.55. The van der Waals surface area contributed by atoms with Gasteiger partial charge in [-0.25, -0.2) is 4.79 Å². The Labute approximate surface area is 163 Å². The topological polar surface area (TPSA) is 108 Å². The third kappa shape index (κ3) is 5.57. The molecule has 0 aliphatic rings. The largest absolute Gasteiger partial charge is 0.481 e. The normalized spacial score (nSPS) is 10.4. The number of benzene rings is 2. The summed E-state index contributed by atoms with van der Waals surface area (Å²) in [6, 6.07) is 12.1. The van der Waals surface area contributed by atoms with Gasteiger partial charge in [0.15, 0.2) is 13.2 Å². The molecular weight excluding hydrogens is 360 g/mol. The second-order valence-electron chi connectivity index (χ2n) is 6.55. The van der Waals surface area contributed by atoms with E-state index in [1.165, 1.54) is 12.1 Å². The fraction of sp³-hybridized carbons (Fsp3) is 0.286. The molecule has 0 aliphatic carbocycles. The van der Waals surface area contributed by atoms with Crippen molar-refractivity contribution in [2.24, 2.45) is 5.73 Å². The minimum absolute atomic E-state index is 0.161. The molecule has 0 spiro atoms. The van der Waals surface area contributed by atoms with Crippen LogP contribution in [0.2, 0.25) is 0 Å². The number of aryl methyl sites for hydroxylation is 1. The lowest BCUT2D eigenvalue weighted by molar-refractivity contribution is -0.149. The van der Waals surface area contributed by atoms with Crippen molar-refractivity contribution in [1.29, 1.82) is 0 Å². The van der Waals surface area contributed by atoms with Crippen LogP contribution >= 0.6 is 0 Å².